The summed E-state index contributed by atoms with van der Waals surface area (Å²) in [5.41, 5.74) is 1.46. The Hall–Kier alpha value is -3.07. The third-order valence-corrected chi connectivity index (χ3v) is 5.90. The average molecular weight is 409 g/mol. The lowest BCUT2D eigenvalue weighted by Crippen LogP contribution is -2.35. The number of aromatic nitrogens is 4. The topological polar surface area (TPSA) is 78.7 Å². The molecule has 30 heavy (non-hydrogen) atoms. The Morgan fingerprint density at radius 2 is 2.00 bits per heavy atom. The van der Waals surface area contributed by atoms with E-state index in [9.17, 15) is 9.18 Å². The van der Waals surface area contributed by atoms with Crippen molar-refractivity contribution in [2.75, 3.05) is 36.4 Å². The standard InChI is InChI=1S/C21H24FN7O/c1-14-11-29-12-15(8-17(22)20(29)25-14)26-21(30)18-9-24-19(10-23-18)28-7-4-16(13-28)27-5-2-3-6-27/h8-12,16H,2-7,13H2,1H3,(H,26,30)/t16-/m0/s1. The molecule has 2 aliphatic rings. The molecule has 0 unspecified atom stereocenters. The Morgan fingerprint density at radius 1 is 1.17 bits per heavy atom. The van der Waals surface area contributed by atoms with Crippen LogP contribution in [0.1, 0.15) is 35.4 Å². The number of likely N-dealkylation sites (tertiary alicyclic amines) is 1. The second-order valence-corrected chi connectivity index (χ2v) is 8.04. The number of carbonyl (C=O) groups is 1. The average Bonchev–Trinajstić information content (AvgIpc) is 3.48. The maximum absolute atomic E-state index is 14.2. The van der Waals surface area contributed by atoms with Crippen molar-refractivity contribution >= 4 is 23.1 Å². The molecule has 3 aromatic rings. The summed E-state index contributed by atoms with van der Waals surface area (Å²) in [4.78, 5) is 30.2. The first kappa shape index (κ1) is 18.9. The summed E-state index contributed by atoms with van der Waals surface area (Å²) in [5, 5.41) is 2.68. The van der Waals surface area contributed by atoms with Crippen LogP contribution in [0.2, 0.25) is 0 Å². The number of nitrogens with zero attached hydrogens (tertiary/aromatic N) is 6. The van der Waals surface area contributed by atoms with E-state index >= 15 is 0 Å². The molecular weight excluding hydrogens is 385 g/mol. The molecule has 0 aromatic carbocycles. The highest BCUT2D eigenvalue weighted by Gasteiger charge is 2.30. The second kappa shape index (κ2) is 7.64. The molecule has 1 amide bonds. The van der Waals surface area contributed by atoms with Gasteiger partial charge in [-0.15, -0.1) is 0 Å². The van der Waals surface area contributed by atoms with Crippen LogP contribution in [-0.2, 0) is 0 Å². The van der Waals surface area contributed by atoms with E-state index in [0.717, 1.165) is 25.3 Å². The van der Waals surface area contributed by atoms with Crippen molar-refractivity contribution in [1.29, 1.82) is 0 Å². The molecule has 0 saturated carbocycles. The van der Waals surface area contributed by atoms with Crippen molar-refractivity contribution in [3.8, 4) is 0 Å². The molecule has 2 fully saturated rings. The number of pyridine rings is 1. The van der Waals surface area contributed by atoms with Crippen molar-refractivity contribution in [3.63, 3.8) is 0 Å². The van der Waals surface area contributed by atoms with E-state index in [2.05, 4.69) is 30.1 Å². The summed E-state index contributed by atoms with van der Waals surface area (Å²) in [6.45, 7) is 6.06. The molecular formula is C21H24FN7O. The van der Waals surface area contributed by atoms with Crippen LogP contribution in [0.5, 0.6) is 0 Å². The van der Waals surface area contributed by atoms with Gasteiger partial charge in [-0.3, -0.25) is 9.69 Å². The van der Waals surface area contributed by atoms with Crippen LogP contribution in [0.4, 0.5) is 15.9 Å². The first-order valence-corrected chi connectivity index (χ1v) is 10.3. The van der Waals surface area contributed by atoms with E-state index in [-0.39, 0.29) is 11.3 Å². The molecule has 1 atom stereocenters. The van der Waals surface area contributed by atoms with E-state index in [1.54, 1.807) is 29.9 Å². The number of halogens is 1. The molecule has 1 N–H and O–H groups in total. The number of carbonyl (C=O) groups excluding carboxylic acids is 1. The van der Waals surface area contributed by atoms with Gasteiger partial charge < -0.3 is 14.6 Å². The van der Waals surface area contributed by atoms with Crippen molar-refractivity contribution in [2.45, 2.75) is 32.2 Å². The van der Waals surface area contributed by atoms with Gasteiger partial charge in [-0.2, -0.15) is 0 Å². The molecule has 2 aliphatic heterocycles. The maximum Gasteiger partial charge on any atom is 0.275 e. The first-order valence-electron chi connectivity index (χ1n) is 10.3. The molecule has 9 heteroatoms. The molecule has 0 aliphatic carbocycles. The molecule has 156 valence electrons. The number of amides is 1. The highest BCUT2D eigenvalue weighted by molar-refractivity contribution is 6.02. The Balaban J connectivity index is 1.26. The lowest BCUT2D eigenvalue weighted by Gasteiger charge is -2.23. The van der Waals surface area contributed by atoms with Gasteiger partial charge >= 0.3 is 0 Å². The zero-order valence-corrected chi connectivity index (χ0v) is 16.9. The molecule has 2 saturated heterocycles. The van der Waals surface area contributed by atoms with E-state index in [4.69, 9.17) is 0 Å². The predicted octanol–water partition coefficient (Wildman–Crippen LogP) is 2.50. The Kier molecular flexibility index (Phi) is 4.82. The van der Waals surface area contributed by atoms with Crippen LogP contribution < -0.4 is 10.2 Å². The lowest BCUT2D eigenvalue weighted by atomic mass is 10.2. The second-order valence-electron chi connectivity index (χ2n) is 8.04. The minimum absolute atomic E-state index is 0.191. The van der Waals surface area contributed by atoms with Crippen LogP contribution >= 0.6 is 0 Å². The van der Waals surface area contributed by atoms with E-state index in [1.807, 2.05) is 0 Å². The summed E-state index contributed by atoms with van der Waals surface area (Å²) >= 11 is 0. The van der Waals surface area contributed by atoms with Crippen LogP contribution in [0.25, 0.3) is 5.65 Å². The number of anilines is 2. The predicted molar refractivity (Wildman–Crippen MR) is 111 cm³/mol. The van der Waals surface area contributed by atoms with Crippen molar-refractivity contribution in [3.05, 3.63) is 48.1 Å². The highest BCUT2D eigenvalue weighted by atomic mass is 19.1. The van der Waals surface area contributed by atoms with Gasteiger partial charge in [0.25, 0.3) is 5.91 Å². The van der Waals surface area contributed by atoms with E-state index in [0.29, 0.717) is 17.4 Å². The lowest BCUT2D eigenvalue weighted by molar-refractivity contribution is 0.102. The Bertz CT molecular complexity index is 1070. The Labute approximate surface area is 173 Å². The van der Waals surface area contributed by atoms with Crippen molar-refractivity contribution in [2.24, 2.45) is 0 Å². The van der Waals surface area contributed by atoms with Gasteiger partial charge in [-0.1, -0.05) is 0 Å². The fraction of sp³-hybridized carbons (Fsp3) is 0.429. The largest absolute Gasteiger partial charge is 0.354 e. The number of nitrogens with one attached hydrogen (secondary N) is 1. The van der Waals surface area contributed by atoms with E-state index < -0.39 is 11.7 Å². The van der Waals surface area contributed by atoms with Gasteiger partial charge in [0.05, 0.1) is 23.8 Å². The van der Waals surface area contributed by atoms with Crippen LogP contribution in [0, 0.1) is 12.7 Å². The quantitative estimate of drug-likeness (QED) is 0.713. The van der Waals surface area contributed by atoms with Gasteiger partial charge in [0.1, 0.15) is 11.5 Å². The van der Waals surface area contributed by atoms with Crippen molar-refractivity contribution in [1.82, 2.24) is 24.3 Å². The van der Waals surface area contributed by atoms with Gasteiger partial charge in [0.15, 0.2) is 11.5 Å². The minimum atomic E-state index is -0.496. The summed E-state index contributed by atoms with van der Waals surface area (Å²) in [7, 11) is 0. The summed E-state index contributed by atoms with van der Waals surface area (Å²) in [5.74, 6) is -0.139. The minimum Gasteiger partial charge on any atom is -0.354 e. The van der Waals surface area contributed by atoms with Gasteiger partial charge in [0, 0.05) is 37.6 Å². The van der Waals surface area contributed by atoms with Crippen LogP contribution in [0.15, 0.2) is 30.9 Å². The zero-order valence-electron chi connectivity index (χ0n) is 16.9. The maximum atomic E-state index is 14.2. The third-order valence-electron chi connectivity index (χ3n) is 5.90. The van der Waals surface area contributed by atoms with Crippen LogP contribution in [0.3, 0.4) is 0 Å². The molecule has 5 rings (SSSR count). The molecule has 5 heterocycles. The smallest absolute Gasteiger partial charge is 0.275 e. The number of hydrogen-bond donors (Lipinski definition) is 1. The monoisotopic (exact) mass is 409 g/mol. The van der Waals surface area contributed by atoms with Gasteiger partial charge in [0.2, 0.25) is 0 Å². The van der Waals surface area contributed by atoms with Crippen molar-refractivity contribution < 1.29 is 9.18 Å². The van der Waals surface area contributed by atoms with Crippen LogP contribution in [-0.4, -0.2) is 62.4 Å². The number of aryl methyl sites for hydroxylation is 1. The normalized spacial score (nSPS) is 19.7. The molecule has 0 radical (unpaired) electrons. The number of imidazole rings is 1. The first-order chi connectivity index (χ1) is 14.6. The Morgan fingerprint density at radius 3 is 2.77 bits per heavy atom. The number of fused-ring (bicyclic) bond motifs is 1. The zero-order chi connectivity index (χ0) is 20.7. The number of hydrogen-bond acceptors (Lipinski definition) is 6. The molecule has 0 bridgehead atoms. The fourth-order valence-corrected chi connectivity index (χ4v) is 4.40. The highest BCUT2D eigenvalue weighted by Crippen LogP contribution is 2.24. The fourth-order valence-electron chi connectivity index (χ4n) is 4.40. The summed E-state index contributed by atoms with van der Waals surface area (Å²) in [6, 6.07) is 1.83. The number of rotatable bonds is 4. The molecule has 3 aromatic heterocycles. The SMILES string of the molecule is Cc1cn2cc(NC(=O)c3cnc(N4CC[C@H](N5CCCC5)C4)cn3)cc(F)c2n1. The summed E-state index contributed by atoms with van der Waals surface area (Å²) in [6.07, 6.45) is 10.2. The third kappa shape index (κ3) is 3.60. The molecule has 8 nitrogen and oxygen atoms in total. The molecule has 0 spiro atoms. The van der Waals surface area contributed by atoms with E-state index in [1.165, 1.54) is 38.2 Å². The summed E-state index contributed by atoms with van der Waals surface area (Å²) < 4.78 is 15.8. The van der Waals surface area contributed by atoms with Gasteiger partial charge in [-0.05, 0) is 39.3 Å². The van der Waals surface area contributed by atoms with Gasteiger partial charge in [-0.25, -0.2) is 19.3 Å².